The molecule has 3 heterocycles. The maximum atomic E-state index is 12.0. The molecule has 6 nitrogen and oxygen atoms in total. The van der Waals surface area contributed by atoms with Crippen LogP contribution in [0.4, 0.5) is 0 Å². The van der Waals surface area contributed by atoms with Crippen LogP contribution in [-0.4, -0.2) is 21.2 Å². The second-order valence-corrected chi connectivity index (χ2v) is 6.05. The molecule has 0 amide bonds. The number of hydrogen-bond donors (Lipinski definition) is 1. The third-order valence-corrected chi connectivity index (χ3v) is 4.18. The van der Waals surface area contributed by atoms with Crippen LogP contribution >= 0.6 is 11.3 Å². The van der Waals surface area contributed by atoms with E-state index in [-0.39, 0.29) is 12.3 Å². The molecule has 0 spiro atoms. The summed E-state index contributed by atoms with van der Waals surface area (Å²) in [6.07, 6.45) is 1.84. The zero-order valence-electron chi connectivity index (χ0n) is 13.0. The van der Waals surface area contributed by atoms with Gasteiger partial charge in [-0.15, -0.1) is 11.3 Å². The largest absolute Gasteiger partial charge is 0.454 e. The third kappa shape index (κ3) is 3.50. The van der Waals surface area contributed by atoms with Gasteiger partial charge in [0.15, 0.2) is 5.69 Å². The summed E-state index contributed by atoms with van der Waals surface area (Å²) in [6.45, 7) is 3.94. The van der Waals surface area contributed by atoms with Gasteiger partial charge in [0.05, 0.1) is 4.88 Å². The summed E-state index contributed by atoms with van der Waals surface area (Å²) >= 11 is 1.55. The van der Waals surface area contributed by atoms with Crippen molar-refractivity contribution in [2.75, 3.05) is 0 Å². The summed E-state index contributed by atoms with van der Waals surface area (Å²) < 4.78 is 10.9. The van der Waals surface area contributed by atoms with Gasteiger partial charge in [0.2, 0.25) is 5.89 Å². The van der Waals surface area contributed by atoms with Crippen molar-refractivity contribution in [1.29, 1.82) is 0 Å². The molecule has 3 aromatic rings. The van der Waals surface area contributed by atoms with E-state index in [1.54, 1.807) is 24.3 Å². The topological polar surface area (TPSA) is 81.0 Å². The molecule has 0 atom stereocenters. The lowest BCUT2D eigenvalue weighted by atomic mass is 10.2. The lowest BCUT2D eigenvalue weighted by molar-refractivity contribution is 0.0460. The fourth-order valence-electron chi connectivity index (χ4n) is 2.14. The SMILES string of the molecule is CCCc1cc(C(=O)OCc2nc(-c3cccs3)oc2C)n[nH]1. The molecule has 0 aliphatic carbocycles. The summed E-state index contributed by atoms with van der Waals surface area (Å²) in [5.41, 5.74) is 1.83. The predicted molar refractivity (Wildman–Crippen MR) is 86.3 cm³/mol. The van der Waals surface area contributed by atoms with Crippen LogP contribution < -0.4 is 0 Å². The van der Waals surface area contributed by atoms with E-state index in [4.69, 9.17) is 9.15 Å². The third-order valence-electron chi connectivity index (χ3n) is 3.32. The second-order valence-electron chi connectivity index (χ2n) is 5.10. The van der Waals surface area contributed by atoms with Gasteiger partial charge in [0.25, 0.3) is 0 Å². The van der Waals surface area contributed by atoms with Crippen LogP contribution in [0, 0.1) is 6.92 Å². The average molecular weight is 331 g/mol. The van der Waals surface area contributed by atoms with E-state index in [1.807, 2.05) is 17.5 Å². The van der Waals surface area contributed by atoms with Crippen molar-refractivity contribution in [3.8, 4) is 10.8 Å². The van der Waals surface area contributed by atoms with E-state index in [2.05, 4.69) is 22.1 Å². The fraction of sp³-hybridized carbons (Fsp3) is 0.312. The first-order valence-electron chi connectivity index (χ1n) is 7.39. The molecule has 0 saturated carbocycles. The number of ether oxygens (including phenoxy) is 1. The van der Waals surface area contributed by atoms with Crippen LogP contribution in [-0.2, 0) is 17.8 Å². The van der Waals surface area contributed by atoms with Crippen molar-refractivity contribution in [2.24, 2.45) is 0 Å². The standard InChI is InChI=1S/C16H17N3O3S/c1-3-5-11-8-12(19-18-11)16(20)21-9-13-10(2)22-15(17-13)14-6-4-7-23-14/h4,6-8H,3,5,9H2,1-2H3,(H,18,19). The molecule has 0 bridgehead atoms. The zero-order valence-corrected chi connectivity index (χ0v) is 13.8. The van der Waals surface area contributed by atoms with Crippen LogP contribution in [0.3, 0.4) is 0 Å². The Kier molecular flexibility index (Phi) is 4.57. The van der Waals surface area contributed by atoms with Gasteiger partial charge in [0, 0.05) is 5.69 Å². The van der Waals surface area contributed by atoms with Crippen LogP contribution in [0.1, 0.15) is 41.0 Å². The monoisotopic (exact) mass is 331 g/mol. The number of carbonyl (C=O) groups excluding carboxylic acids is 1. The first-order chi connectivity index (χ1) is 11.2. The number of rotatable bonds is 6. The highest BCUT2D eigenvalue weighted by molar-refractivity contribution is 7.13. The summed E-state index contributed by atoms with van der Waals surface area (Å²) in [7, 11) is 0. The lowest BCUT2D eigenvalue weighted by Gasteiger charge is -1.99. The minimum Gasteiger partial charge on any atom is -0.454 e. The number of nitrogens with zero attached hydrogens (tertiary/aromatic N) is 2. The maximum absolute atomic E-state index is 12.0. The number of aromatic nitrogens is 3. The molecule has 7 heteroatoms. The molecule has 0 aliphatic rings. The van der Waals surface area contributed by atoms with Gasteiger partial charge in [-0.05, 0) is 30.9 Å². The number of aryl methyl sites for hydroxylation is 2. The van der Waals surface area contributed by atoms with Gasteiger partial charge in [-0.1, -0.05) is 19.4 Å². The predicted octanol–water partition coefficient (Wildman–Crippen LogP) is 3.74. The molecule has 0 aliphatic heterocycles. The fourth-order valence-corrected chi connectivity index (χ4v) is 2.79. The first-order valence-corrected chi connectivity index (χ1v) is 8.27. The number of oxazole rings is 1. The Morgan fingerprint density at radius 1 is 1.48 bits per heavy atom. The number of esters is 1. The van der Waals surface area contributed by atoms with E-state index in [0.717, 1.165) is 23.4 Å². The molecule has 120 valence electrons. The Morgan fingerprint density at radius 2 is 2.35 bits per heavy atom. The average Bonchev–Trinajstić information content (AvgIpc) is 3.26. The Bertz CT molecular complexity index is 789. The van der Waals surface area contributed by atoms with Gasteiger partial charge in [0.1, 0.15) is 18.1 Å². The van der Waals surface area contributed by atoms with Crippen molar-refractivity contribution in [1.82, 2.24) is 15.2 Å². The minimum atomic E-state index is -0.469. The quantitative estimate of drug-likeness (QED) is 0.696. The number of nitrogens with one attached hydrogen (secondary N) is 1. The molecule has 1 N–H and O–H groups in total. The molecule has 0 radical (unpaired) electrons. The normalized spacial score (nSPS) is 10.9. The van der Waals surface area contributed by atoms with Gasteiger partial charge >= 0.3 is 5.97 Å². The van der Waals surface area contributed by atoms with Crippen LogP contribution in [0.15, 0.2) is 28.0 Å². The molecule has 23 heavy (non-hydrogen) atoms. The van der Waals surface area contributed by atoms with E-state index in [9.17, 15) is 4.79 Å². The van der Waals surface area contributed by atoms with E-state index < -0.39 is 5.97 Å². The minimum absolute atomic E-state index is 0.0650. The van der Waals surface area contributed by atoms with Crippen molar-refractivity contribution in [3.63, 3.8) is 0 Å². The lowest BCUT2D eigenvalue weighted by Crippen LogP contribution is -2.06. The van der Waals surface area contributed by atoms with Crippen molar-refractivity contribution in [2.45, 2.75) is 33.3 Å². The van der Waals surface area contributed by atoms with Crippen molar-refractivity contribution in [3.05, 3.63) is 46.4 Å². The molecule has 3 aromatic heterocycles. The Labute approximate surface area is 137 Å². The number of carbonyl (C=O) groups is 1. The number of hydrogen-bond acceptors (Lipinski definition) is 6. The highest BCUT2D eigenvalue weighted by Crippen LogP contribution is 2.26. The molecule has 0 unspecified atom stereocenters. The highest BCUT2D eigenvalue weighted by Gasteiger charge is 2.16. The maximum Gasteiger partial charge on any atom is 0.359 e. The van der Waals surface area contributed by atoms with Gasteiger partial charge in [-0.3, -0.25) is 5.10 Å². The summed E-state index contributed by atoms with van der Waals surface area (Å²) in [5.74, 6) is 0.729. The number of thiophene rings is 1. The van der Waals surface area contributed by atoms with Gasteiger partial charge in [-0.2, -0.15) is 5.10 Å². The Hall–Kier alpha value is -2.41. The van der Waals surface area contributed by atoms with Crippen LogP contribution in [0.2, 0.25) is 0 Å². The van der Waals surface area contributed by atoms with Crippen molar-refractivity contribution < 1.29 is 13.9 Å². The van der Waals surface area contributed by atoms with E-state index in [0.29, 0.717) is 17.3 Å². The first kappa shape index (κ1) is 15.5. The molecule has 3 rings (SSSR count). The van der Waals surface area contributed by atoms with Gasteiger partial charge < -0.3 is 9.15 Å². The van der Waals surface area contributed by atoms with Crippen LogP contribution in [0.5, 0.6) is 0 Å². The van der Waals surface area contributed by atoms with Gasteiger partial charge in [-0.25, -0.2) is 9.78 Å². The zero-order chi connectivity index (χ0) is 16.2. The summed E-state index contributed by atoms with van der Waals surface area (Å²) in [4.78, 5) is 17.4. The molecular formula is C16H17N3O3S. The Balaban J connectivity index is 1.64. The highest BCUT2D eigenvalue weighted by atomic mass is 32.1. The number of H-pyrrole nitrogens is 1. The van der Waals surface area contributed by atoms with Crippen LogP contribution in [0.25, 0.3) is 10.8 Å². The van der Waals surface area contributed by atoms with E-state index in [1.165, 1.54) is 0 Å². The summed E-state index contributed by atoms with van der Waals surface area (Å²) in [5, 5.41) is 8.77. The Morgan fingerprint density at radius 3 is 3.09 bits per heavy atom. The molecular weight excluding hydrogens is 314 g/mol. The summed E-state index contributed by atoms with van der Waals surface area (Å²) in [6, 6.07) is 5.59. The molecule has 0 fully saturated rings. The van der Waals surface area contributed by atoms with E-state index >= 15 is 0 Å². The molecule has 0 saturated heterocycles. The second kappa shape index (κ2) is 6.78. The smallest absolute Gasteiger partial charge is 0.359 e. The number of aromatic amines is 1. The molecule has 0 aromatic carbocycles. The van der Waals surface area contributed by atoms with Crippen molar-refractivity contribution >= 4 is 17.3 Å².